The van der Waals surface area contributed by atoms with E-state index in [1.807, 2.05) is 0 Å². The molecule has 0 radical (unpaired) electrons. The van der Waals surface area contributed by atoms with Crippen LogP contribution in [-0.2, 0) is 9.53 Å². The van der Waals surface area contributed by atoms with E-state index in [-0.39, 0.29) is 0 Å². The normalized spacial score (nSPS) is 22.6. The Labute approximate surface area is 97.1 Å². The van der Waals surface area contributed by atoms with Crippen LogP contribution < -0.4 is 4.74 Å². The van der Waals surface area contributed by atoms with Crippen molar-refractivity contribution in [3.63, 3.8) is 0 Å². The van der Waals surface area contributed by atoms with Gasteiger partial charge in [-0.1, -0.05) is 11.6 Å². The molecule has 84 valence electrons. The molecular formula is C11H9ClO4. The lowest BCUT2D eigenvalue weighted by Crippen LogP contribution is -2.41. The molecule has 2 rings (SSSR count). The average Bonchev–Trinajstić information content (AvgIpc) is 2.40. The summed E-state index contributed by atoms with van der Waals surface area (Å²) in [6.45, 7) is 2.63. The number of fused-ring (bicyclic) bond motifs is 1. The molecule has 0 saturated heterocycles. The number of rotatable bonds is 1. The molecule has 1 heterocycles. The summed E-state index contributed by atoms with van der Waals surface area (Å²) in [6.07, 6.45) is 0. The largest absolute Gasteiger partial charge is 0.445 e. The predicted molar refractivity (Wildman–Crippen MR) is 56.6 cm³/mol. The second-order valence-corrected chi connectivity index (χ2v) is 4.05. The van der Waals surface area contributed by atoms with Gasteiger partial charge in [-0.2, -0.15) is 0 Å². The molecule has 0 fully saturated rings. The van der Waals surface area contributed by atoms with Gasteiger partial charge in [0.2, 0.25) is 5.78 Å². The Balaban J connectivity index is 2.40. The number of Topliss-reactive ketones (excluding diaryl/α,β-unsaturated/α-hetero) is 1. The van der Waals surface area contributed by atoms with Gasteiger partial charge in [0.05, 0.1) is 5.56 Å². The lowest BCUT2D eigenvalue weighted by atomic mass is 10.1. The molecule has 1 unspecified atom stereocenters. The molecule has 0 amide bonds. The van der Waals surface area contributed by atoms with Crippen LogP contribution in [0, 0.1) is 0 Å². The van der Waals surface area contributed by atoms with Crippen molar-refractivity contribution < 1.29 is 19.1 Å². The van der Waals surface area contributed by atoms with Crippen molar-refractivity contribution in [2.24, 2.45) is 0 Å². The second kappa shape index (κ2) is 3.49. The average molecular weight is 241 g/mol. The molecular weight excluding hydrogens is 232 g/mol. The van der Waals surface area contributed by atoms with Crippen LogP contribution in [0.3, 0.4) is 0 Å². The van der Waals surface area contributed by atoms with E-state index in [0.29, 0.717) is 16.3 Å². The van der Waals surface area contributed by atoms with Gasteiger partial charge in [0, 0.05) is 18.9 Å². The fraction of sp³-hybridized carbons (Fsp3) is 0.273. The van der Waals surface area contributed by atoms with Crippen molar-refractivity contribution >= 4 is 23.4 Å². The summed E-state index contributed by atoms with van der Waals surface area (Å²) in [5.41, 5.74) is 0.330. The SMILES string of the molecule is CC(=O)OC1(C)Oc2ccc(Cl)cc2C1=O. The van der Waals surface area contributed by atoms with E-state index >= 15 is 0 Å². The van der Waals surface area contributed by atoms with Gasteiger partial charge in [0.1, 0.15) is 5.75 Å². The lowest BCUT2D eigenvalue weighted by Gasteiger charge is -2.20. The van der Waals surface area contributed by atoms with Gasteiger partial charge < -0.3 is 9.47 Å². The monoisotopic (exact) mass is 240 g/mol. The van der Waals surface area contributed by atoms with Crippen LogP contribution >= 0.6 is 11.6 Å². The first kappa shape index (κ1) is 11.0. The minimum Gasteiger partial charge on any atom is -0.445 e. The number of ether oxygens (including phenoxy) is 2. The minimum atomic E-state index is -1.57. The predicted octanol–water partition coefficient (Wildman–Crippen LogP) is 2.19. The standard InChI is InChI=1S/C11H9ClO4/c1-6(13)15-11(2)10(14)8-5-7(12)3-4-9(8)16-11/h3-5H,1-2H3. The molecule has 1 aromatic rings. The summed E-state index contributed by atoms with van der Waals surface area (Å²) in [5, 5.41) is 0.433. The van der Waals surface area contributed by atoms with Crippen molar-refractivity contribution in [3.8, 4) is 5.75 Å². The second-order valence-electron chi connectivity index (χ2n) is 3.61. The smallest absolute Gasteiger partial charge is 0.315 e. The number of esters is 1. The van der Waals surface area contributed by atoms with Crippen molar-refractivity contribution in [1.29, 1.82) is 0 Å². The number of carbonyl (C=O) groups is 2. The zero-order valence-corrected chi connectivity index (χ0v) is 9.50. The summed E-state index contributed by atoms with van der Waals surface area (Å²) in [7, 11) is 0. The molecule has 5 heteroatoms. The van der Waals surface area contributed by atoms with Crippen LogP contribution in [0.4, 0.5) is 0 Å². The van der Waals surface area contributed by atoms with Gasteiger partial charge in [-0.3, -0.25) is 9.59 Å². The highest BCUT2D eigenvalue weighted by molar-refractivity contribution is 6.31. The molecule has 0 N–H and O–H groups in total. The third-order valence-corrected chi connectivity index (χ3v) is 2.48. The number of hydrogen-bond acceptors (Lipinski definition) is 4. The maximum absolute atomic E-state index is 11.9. The zero-order valence-electron chi connectivity index (χ0n) is 8.74. The Morgan fingerprint density at radius 3 is 2.81 bits per heavy atom. The Bertz CT molecular complexity index is 483. The van der Waals surface area contributed by atoms with Crippen LogP contribution in [-0.4, -0.2) is 17.5 Å². The van der Waals surface area contributed by atoms with Crippen LogP contribution in [0.2, 0.25) is 5.02 Å². The maximum Gasteiger partial charge on any atom is 0.315 e. The van der Waals surface area contributed by atoms with Gasteiger partial charge in [-0.25, -0.2) is 0 Å². The lowest BCUT2D eigenvalue weighted by molar-refractivity contribution is -0.172. The van der Waals surface area contributed by atoms with E-state index < -0.39 is 17.5 Å². The fourth-order valence-electron chi connectivity index (χ4n) is 1.61. The molecule has 0 saturated carbocycles. The molecule has 1 atom stereocenters. The van der Waals surface area contributed by atoms with Gasteiger partial charge in [0.25, 0.3) is 0 Å². The molecule has 0 spiro atoms. The summed E-state index contributed by atoms with van der Waals surface area (Å²) < 4.78 is 10.2. The molecule has 0 bridgehead atoms. The summed E-state index contributed by atoms with van der Waals surface area (Å²) in [6, 6.07) is 4.67. The van der Waals surface area contributed by atoms with Gasteiger partial charge in [-0.15, -0.1) is 0 Å². The first-order valence-electron chi connectivity index (χ1n) is 4.65. The molecule has 16 heavy (non-hydrogen) atoms. The molecule has 1 aromatic carbocycles. The number of ketones is 1. The third kappa shape index (κ3) is 1.65. The minimum absolute atomic E-state index is 0.330. The van der Waals surface area contributed by atoms with Crippen LogP contribution in [0.15, 0.2) is 18.2 Å². The van der Waals surface area contributed by atoms with E-state index in [9.17, 15) is 9.59 Å². The van der Waals surface area contributed by atoms with Gasteiger partial charge in [0.15, 0.2) is 0 Å². The Hall–Kier alpha value is -1.55. The van der Waals surface area contributed by atoms with Crippen LogP contribution in [0.1, 0.15) is 24.2 Å². The number of benzene rings is 1. The van der Waals surface area contributed by atoms with Crippen molar-refractivity contribution in [3.05, 3.63) is 28.8 Å². The van der Waals surface area contributed by atoms with E-state index in [2.05, 4.69) is 0 Å². The summed E-state index contributed by atoms with van der Waals surface area (Å²) >= 11 is 5.77. The van der Waals surface area contributed by atoms with E-state index in [4.69, 9.17) is 21.1 Å². The van der Waals surface area contributed by atoms with E-state index in [1.165, 1.54) is 19.9 Å². The maximum atomic E-state index is 11.9. The van der Waals surface area contributed by atoms with Crippen LogP contribution in [0.25, 0.3) is 0 Å². The first-order valence-corrected chi connectivity index (χ1v) is 5.03. The van der Waals surface area contributed by atoms with Gasteiger partial charge in [-0.05, 0) is 18.2 Å². The highest BCUT2D eigenvalue weighted by Gasteiger charge is 2.47. The molecule has 4 nitrogen and oxygen atoms in total. The summed E-state index contributed by atoms with van der Waals surface area (Å²) in [4.78, 5) is 22.8. The highest BCUT2D eigenvalue weighted by atomic mass is 35.5. The highest BCUT2D eigenvalue weighted by Crippen LogP contribution is 2.37. The van der Waals surface area contributed by atoms with Gasteiger partial charge >= 0.3 is 11.8 Å². The Kier molecular flexibility index (Phi) is 2.39. The van der Waals surface area contributed by atoms with Crippen molar-refractivity contribution in [2.45, 2.75) is 19.6 Å². The quantitative estimate of drug-likeness (QED) is 0.706. The van der Waals surface area contributed by atoms with Crippen molar-refractivity contribution in [2.75, 3.05) is 0 Å². The number of hydrogen-bond donors (Lipinski definition) is 0. The Morgan fingerprint density at radius 2 is 2.19 bits per heavy atom. The molecule has 1 aliphatic heterocycles. The molecule has 0 aromatic heterocycles. The Morgan fingerprint density at radius 1 is 1.50 bits per heavy atom. The number of halogens is 1. The van der Waals surface area contributed by atoms with E-state index in [1.54, 1.807) is 12.1 Å². The summed E-state index contributed by atoms with van der Waals surface area (Å²) in [5.74, 6) is -2.17. The molecule has 1 aliphatic rings. The number of carbonyl (C=O) groups excluding carboxylic acids is 2. The van der Waals surface area contributed by atoms with E-state index in [0.717, 1.165) is 0 Å². The first-order chi connectivity index (χ1) is 7.42. The third-order valence-electron chi connectivity index (χ3n) is 2.24. The zero-order chi connectivity index (χ0) is 11.9. The topological polar surface area (TPSA) is 52.6 Å². The van der Waals surface area contributed by atoms with Crippen molar-refractivity contribution in [1.82, 2.24) is 0 Å². The fourth-order valence-corrected chi connectivity index (χ4v) is 1.78. The molecule has 0 aliphatic carbocycles. The van der Waals surface area contributed by atoms with Crippen LogP contribution in [0.5, 0.6) is 5.75 Å².